The Labute approximate surface area is 153 Å². The van der Waals surface area contributed by atoms with Crippen molar-refractivity contribution >= 4 is 22.6 Å². The highest BCUT2D eigenvalue weighted by Crippen LogP contribution is 2.16. The van der Waals surface area contributed by atoms with Crippen molar-refractivity contribution in [3.63, 3.8) is 0 Å². The minimum Gasteiger partial charge on any atom is -0.268 e. The Morgan fingerprint density at radius 3 is 2.62 bits per heavy atom. The van der Waals surface area contributed by atoms with Crippen LogP contribution in [0.15, 0.2) is 76.7 Å². The van der Waals surface area contributed by atoms with E-state index in [1.165, 1.54) is 9.13 Å². The van der Waals surface area contributed by atoms with Crippen LogP contribution >= 0.6 is 11.6 Å². The van der Waals surface area contributed by atoms with Crippen LogP contribution in [0.1, 0.15) is 5.56 Å². The Balaban J connectivity index is 2.05. The van der Waals surface area contributed by atoms with Crippen molar-refractivity contribution in [3.8, 4) is 5.69 Å². The fourth-order valence-electron chi connectivity index (χ4n) is 2.85. The van der Waals surface area contributed by atoms with Crippen LogP contribution in [-0.2, 0) is 6.54 Å². The first-order valence-corrected chi connectivity index (χ1v) is 8.28. The second-order valence-corrected chi connectivity index (χ2v) is 6.16. The van der Waals surface area contributed by atoms with Crippen molar-refractivity contribution < 1.29 is 0 Å². The third-order valence-electron chi connectivity index (χ3n) is 4.03. The van der Waals surface area contributed by atoms with Gasteiger partial charge in [0.15, 0.2) is 5.65 Å². The van der Waals surface area contributed by atoms with Gasteiger partial charge in [-0.15, -0.1) is 0 Å². The summed E-state index contributed by atoms with van der Waals surface area (Å²) in [5, 5.41) is 0.847. The maximum atomic E-state index is 13.1. The number of nitrogens with zero attached hydrogens (tertiary/aromatic N) is 4. The molecule has 3 heterocycles. The van der Waals surface area contributed by atoms with Crippen molar-refractivity contribution in [1.82, 2.24) is 19.1 Å². The Morgan fingerprint density at radius 1 is 1.00 bits per heavy atom. The van der Waals surface area contributed by atoms with Crippen LogP contribution in [-0.4, -0.2) is 19.1 Å². The van der Waals surface area contributed by atoms with Gasteiger partial charge in [0, 0.05) is 23.6 Å². The average Bonchev–Trinajstić information content (AvgIpc) is 2.66. The molecule has 0 saturated heterocycles. The minimum absolute atomic E-state index is 0.122. The Kier molecular flexibility index (Phi) is 4.10. The van der Waals surface area contributed by atoms with Crippen LogP contribution in [0.3, 0.4) is 0 Å². The van der Waals surface area contributed by atoms with Gasteiger partial charge in [-0.1, -0.05) is 23.7 Å². The number of pyridine rings is 2. The number of halogens is 1. The van der Waals surface area contributed by atoms with Gasteiger partial charge in [0.1, 0.15) is 0 Å². The van der Waals surface area contributed by atoms with Gasteiger partial charge in [-0.05, 0) is 42.0 Å². The van der Waals surface area contributed by atoms with Gasteiger partial charge in [0.2, 0.25) is 0 Å². The first kappa shape index (κ1) is 16.2. The third-order valence-corrected chi connectivity index (χ3v) is 4.26. The fourth-order valence-corrected chi connectivity index (χ4v) is 3.03. The number of benzene rings is 1. The van der Waals surface area contributed by atoms with E-state index in [-0.39, 0.29) is 12.1 Å². The Bertz CT molecular complexity index is 1220. The van der Waals surface area contributed by atoms with E-state index in [1.807, 2.05) is 6.07 Å². The Morgan fingerprint density at radius 2 is 1.85 bits per heavy atom. The van der Waals surface area contributed by atoms with Gasteiger partial charge in [-0.2, -0.15) is 0 Å². The Hall–Kier alpha value is -3.25. The molecule has 3 aromatic heterocycles. The molecular weight excluding hydrogens is 352 g/mol. The first-order valence-electron chi connectivity index (χ1n) is 7.90. The lowest BCUT2D eigenvalue weighted by Gasteiger charge is -2.13. The molecule has 0 atom stereocenters. The van der Waals surface area contributed by atoms with E-state index in [1.54, 1.807) is 61.1 Å². The van der Waals surface area contributed by atoms with Crippen molar-refractivity contribution in [2.24, 2.45) is 0 Å². The molecule has 26 heavy (non-hydrogen) atoms. The molecule has 6 nitrogen and oxygen atoms in total. The molecule has 0 spiro atoms. The van der Waals surface area contributed by atoms with E-state index in [9.17, 15) is 9.59 Å². The van der Waals surface area contributed by atoms with Crippen LogP contribution in [0, 0.1) is 0 Å². The summed E-state index contributed by atoms with van der Waals surface area (Å²) in [5.41, 5.74) is 0.735. The van der Waals surface area contributed by atoms with E-state index in [0.29, 0.717) is 21.7 Å². The van der Waals surface area contributed by atoms with E-state index in [4.69, 9.17) is 11.6 Å². The fraction of sp³-hybridized carbons (Fsp3) is 0.0526. The van der Waals surface area contributed by atoms with Crippen molar-refractivity contribution in [2.75, 3.05) is 0 Å². The summed E-state index contributed by atoms with van der Waals surface area (Å²) in [6.07, 6.45) is 4.82. The molecule has 128 valence electrons. The number of aromatic nitrogens is 4. The first-order chi connectivity index (χ1) is 12.6. The molecule has 0 aliphatic carbocycles. The lowest BCUT2D eigenvalue weighted by molar-refractivity contribution is 0.681. The molecule has 0 aliphatic heterocycles. The summed E-state index contributed by atoms with van der Waals surface area (Å²) in [6.45, 7) is 0.122. The number of fused-ring (bicyclic) bond motifs is 1. The van der Waals surface area contributed by atoms with Gasteiger partial charge in [0.05, 0.1) is 17.6 Å². The maximum absolute atomic E-state index is 13.1. The lowest BCUT2D eigenvalue weighted by atomic mass is 10.2. The SMILES string of the molecule is O=c1c2cccnc2n(-c2cccc(Cl)c2)c(=O)n1Cc1cccnc1. The highest BCUT2D eigenvalue weighted by molar-refractivity contribution is 6.30. The average molecular weight is 365 g/mol. The molecule has 4 aromatic rings. The van der Waals surface area contributed by atoms with Crippen LogP contribution in [0.25, 0.3) is 16.7 Å². The van der Waals surface area contributed by atoms with E-state index >= 15 is 0 Å². The summed E-state index contributed by atoms with van der Waals surface area (Å²) < 4.78 is 2.58. The summed E-state index contributed by atoms with van der Waals surface area (Å²) in [7, 11) is 0. The number of hydrogen-bond donors (Lipinski definition) is 0. The number of hydrogen-bond acceptors (Lipinski definition) is 4. The summed E-state index contributed by atoms with van der Waals surface area (Å²) in [5.74, 6) is 0. The van der Waals surface area contributed by atoms with Gasteiger partial charge >= 0.3 is 5.69 Å². The zero-order valence-corrected chi connectivity index (χ0v) is 14.3. The van der Waals surface area contributed by atoms with E-state index in [2.05, 4.69) is 9.97 Å². The minimum atomic E-state index is -0.479. The monoisotopic (exact) mass is 364 g/mol. The molecule has 7 heteroatoms. The summed E-state index contributed by atoms with van der Waals surface area (Å²) in [6, 6.07) is 13.8. The molecule has 0 unspecified atom stereocenters. The predicted octanol–water partition coefficient (Wildman–Crippen LogP) is 2.64. The zero-order valence-electron chi connectivity index (χ0n) is 13.5. The highest BCUT2D eigenvalue weighted by Gasteiger charge is 2.15. The summed E-state index contributed by atoms with van der Waals surface area (Å²) >= 11 is 6.09. The third kappa shape index (κ3) is 2.80. The summed E-state index contributed by atoms with van der Waals surface area (Å²) in [4.78, 5) is 34.3. The van der Waals surface area contributed by atoms with Crippen LogP contribution < -0.4 is 11.2 Å². The largest absolute Gasteiger partial charge is 0.337 e. The standard InChI is InChI=1S/C19H13ClN4O2/c20-14-5-1-6-15(10-14)24-17-16(7-3-9-22-17)18(25)23(19(24)26)12-13-4-2-8-21-11-13/h1-11H,12H2. The topological polar surface area (TPSA) is 69.8 Å². The molecule has 0 radical (unpaired) electrons. The van der Waals surface area contributed by atoms with Gasteiger partial charge in [-0.25, -0.2) is 14.3 Å². The zero-order chi connectivity index (χ0) is 18.1. The van der Waals surface area contributed by atoms with Gasteiger partial charge in [0.25, 0.3) is 5.56 Å². The molecular formula is C19H13ClN4O2. The molecule has 0 saturated carbocycles. The second-order valence-electron chi connectivity index (χ2n) is 5.72. The van der Waals surface area contributed by atoms with Gasteiger partial charge in [-0.3, -0.25) is 14.3 Å². The molecule has 4 rings (SSSR count). The maximum Gasteiger partial charge on any atom is 0.337 e. The molecule has 0 aliphatic rings. The molecule has 0 amide bonds. The lowest BCUT2D eigenvalue weighted by Crippen LogP contribution is -2.40. The van der Waals surface area contributed by atoms with Crippen molar-refractivity contribution in [2.45, 2.75) is 6.54 Å². The molecule has 0 fully saturated rings. The number of rotatable bonds is 3. The highest BCUT2D eigenvalue weighted by atomic mass is 35.5. The normalized spacial score (nSPS) is 11.0. The predicted molar refractivity (Wildman–Crippen MR) is 99.9 cm³/mol. The molecule has 0 N–H and O–H groups in total. The van der Waals surface area contributed by atoms with E-state index in [0.717, 1.165) is 5.56 Å². The van der Waals surface area contributed by atoms with Crippen molar-refractivity contribution in [1.29, 1.82) is 0 Å². The van der Waals surface area contributed by atoms with Crippen molar-refractivity contribution in [3.05, 3.63) is 98.5 Å². The van der Waals surface area contributed by atoms with Gasteiger partial charge < -0.3 is 0 Å². The second kappa shape index (κ2) is 6.57. The van der Waals surface area contributed by atoms with E-state index < -0.39 is 5.69 Å². The smallest absolute Gasteiger partial charge is 0.268 e. The van der Waals surface area contributed by atoms with Crippen LogP contribution in [0.2, 0.25) is 5.02 Å². The van der Waals surface area contributed by atoms with Crippen LogP contribution in [0.4, 0.5) is 0 Å². The molecule has 0 bridgehead atoms. The van der Waals surface area contributed by atoms with Crippen LogP contribution in [0.5, 0.6) is 0 Å². The quantitative estimate of drug-likeness (QED) is 0.560. The molecule has 1 aromatic carbocycles.